The number of hydrogen-bond donors (Lipinski definition) is 0. The van der Waals surface area contributed by atoms with E-state index in [0.29, 0.717) is 5.41 Å². The van der Waals surface area contributed by atoms with E-state index in [2.05, 4.69) is 24.3 Å². The van der Waals surface area contributed by atoms with Crippen LogP contribution in [0.2, 0.25) is 0 Å². The van der Waals surface area contributed by atoms with E-state index >= 15 is 0 Å². The van der Waals surface area contributed by atoms with Crippen LogP contribution in [0.3, 0.4) is 0 Å². The molecule has 1 unspecified atom stereocenters. The molecular formula is C13H15ClS. The van der Waals surface area contributed by atoms with Crippen LogP contribution in [0.25, 0.3) is 0 Å². The fourth-order valence-electron chi connectivity index (χ4n) is 2.49. The van der Waals surface area contributed by atoms with E-state index in [1.54, 1.807) is 5.56 Å². The Kier molecular flexibility index (Phi) is 2.48. The van der Waals surface area contributed by atoms with Gasteiger partial charge in [0.1, 0.15) is 0 Å². The Balaban J connectivity index is 1.79. The molecule has 1 aromatic rings. The third-order valence-electron chi connectivity index (χ3n) is 3.72. The van der Waals surface area contributed by atoms with Crippen LogP contribution in [0.5, 0.6) is 0 Å². The van der Waals surface area contributed by atoms with Crippen molar-refractivity contribution in [3.8, 4) is 0 Å². The van der Waals surface area contributed by atoms with Crippen LogP contribution in [0.1, 0.15) is 30.7 Å². The van der Waals surface area contributed by atoms with Gasteiger partial charge in [0.25, 0.3) is 0 Å². The van der Waals surface area contributed by atoms with Gasteiger partial charge in [-0.3, -0.25) is 0 Å². The maximum Gasteiger partial charge on any atom is 0.0280 e. The van der Waals surface area contributed by atoms with Gasteiger partial charge in [0.05, 0.1) is 0 Å². The summed E-state index contributed by atoms with van der Waals surface area (Å²) in [7, 11) is 0. The highest BCUT2D eigenvalue weighted by Crippen LogP contribution is 2.55. The second-order valence-corrected chi connectivity index (χ2v) is 6.21. The van der Waals surface area contributed by atoms with Gasteiger partial charge in [-0.15, -0.1) is 23.4 Å². The second kappa shape index (κ2) is 3.71. The molecule has 0 spiro atoms. The average Bonchev–Trinajstić information content (AvgIpc) is 2.95. The predicted molar refractivity (Wildman–Crippen MR) is 66.9 cm³/mol. The summed E-state index contributed by atoms with van der Waals surface area (Å²) in [5, 5.41) is 0. The molecule has 1 heterocycles. The van der Waals surface area contributed by atoms with E-state index in [-0.39, 0.29) is 0 Å². The Morgan fingerprint density at radius 3 is 2.87 bits per heavy atom. The summed E-state index contributed by atoms with van der Waals surface area (Å²) in [5.41, 5.74) is 2.07. The van der Waals surface area contributed by atoms with Crippen molar-refractivity contribution in [3.63, 3.8) is 0 Å². The molecule has 0 nitrogen and oxygen atoms in total. The molecule has 0 saturated heterocycles. The average molecular weight is 239 g/mol. The fraction of sp³-hybridized carbons (Fsp3) is 0.538. The smallest absolute Gasteiger partial charge is 0.0280 e. The minimum Gasteiger partial charge on any atom is -0.126 e. The highest BCUT2D eigenvalue weighted by molar-refractivity contribution is 7.99. The normalized spacial score (nSPS) is 26.3. The number of halogens is 1. The van der Waals surface area contributed by atoms with Crippen LogP contribution in [0.15, 0.2) is 29.2 Å². The Hall–Kier alpha value is -0.140. The number of rotatable bonds is 3. The lowest BCUT2D eigenvalue weighted by atomic mass is 9.89. The quantitative estimate of drug-likeness (QED) is 0.709. The molecule has 15 heavy (non-hydrogen) atoms. The zero-order valence-electron chi connectivity index (χ0n) is 8.71. The summed E-state index contributed by atoms with van der Waals surface area (Å²) in [5.74, 6) is 2.88. The van der Waals surface area contributed by atoms with Crippen molar-refractivity contribution < 1.29 is 0 Å². The number of thioether (sulfide) groups is 1. The van der Waals surface area contributed by atoms with E-state index in [1.807, 2.05) is 11.8 Å². The zero-order valence-corrected chi connectivity index (χ0v) is 10.3. The summed E-state index contributed by atoms with van der Waals surface area (Å²) >= 11 is 8.07. The van der Waals surface area contributed by atoms with Gasteiger partial charge in [0.2, 0.25) is 0 Å². The molecule has 3 rings (SSSR count). The molecule has 0 radical (unpaired) electrons. The Bertz CT molecular complexity index is 371. The largest absolute Gasteiger partial charge is 0.126 e. The Morgan fingerprint density at radius 1 is 1.33 bits per heavy atom. The highest BCUT2D eigenvalue weighted by Gasteiger charge is 2.44. The zero-order chi connectivity index (χ0) is 10.3. The molecule has 2 aliphatic rings. The van der Waals surface area contributed by atoms with Gasteiger partial charge < -0.3 is 0 Å². The first-order chi connectivity index (χ1) is 7.33. The molecule has 0 amide bonds. The second-order valence-electron chi connectivity index (χ2n) is 4.88. The van der Waals surface area contributed by atoms with Gasteiger partial charge >= 0.3 is 0 Å². The topological polar surface area (TPSA) is 0 Å². The lowest BCUT2D eigenvalue weighted by Crippen LogP contribution is -2.09. The van der Waals surface area contributed by atoms with Crippen LogP contribution in [0.4, 0.5) is 0 Å². The summed E-state index contributed by atoms with van der Waals surface area (Å²) in [6.07, 6.45) is 4.00. The van der Waals surface area contributed by atoms with E-state index in [0.717, 1.165) is 11.8 Å². The molecule has 2 heteroatoms. The van der Waals surface area contributed by atoms with Gasteiger partial charge in [0, 0.05) is 16.5 Å². The van der Waals surface area contributed by atoms with Crippen LogP contribution >= 0.6 is 23.4 Å². The molecule has 0 aromatic heterocycles. The van der Waals surface area contributed by atoms with Crippen molar-refractivity contribution in [2.45, 2.75) is 30.1 Å². The van der Waals surface area contributed by atoms with Gasteiger partial charge in [-0.25, -0.2) is 0 Å². The maximum atomic E-state index is 6.05. The first kappa shape index (κ1) is 10.0. The molecule has 80 valence electrons. The molecule has 1 aliphatic heterocycles. The summed E-state index contributed by atoms with van der Waals surface area (Å²) in [4.78, 5) is 1.49. The lowest BCUT2D eigenvalue weighted by Gasteiger charge is -2.17. The standard InChI is InChI=1S/C13H15ClS/c14-9-13(5-6-13)7-10-8-15-12-4-2-1-3-11(10)12/h1-4,10H,5-9H2. The molecule has 1 atom stereocenters. The fourth-order valence-corrected chi connectivity index (χ4v) is 4.12. The molecular weight excluding hydrogens is 224 g/mol. The monoisotopic (exact) mass is 238 g/mol. The summed E-state index contributed by atoms with van der Waals surface area (Å²) in [6.45, 7) is 0. The maximum absolute atomic E-state index is 6.05. The minimum atomic E-state index is 0.504. The van der Waals surface area contributed by atoms with Gasteiger partial charge in [-0.1, -0.05) is 18.2 Å². The Labute approximate surface area is 100 Å². The number of benzene rings is 1. The van der Waals surface area contributed by atoms with Crippen LogP contribution in [-0.4, -0.2) is 11.6 Å². The van der Waals surface area contributed by atoms with Crippen molar-refractivity contribution >= 4 is 23.4 Å². The summed E-state index contributed by atoms with van der Waals surface area (Å²) in [6, 6.07) is 8.85. The van der Waals surface area contributed by atoms with Crippen molar-refractivity contribution in [1.82, 2.24) is 0 Å². The highest BCUT2D eigenvalue weighted by atomic mass is 35.5. The number of fused-ring (bicyclic) bond motifs is 1. The number of hydrogen-bond acceptors (Lipinski definition) is 1. The van der Waals surface area contributed by atoms with Gasteiger partial charge in [-0.05, 0) is 42.2 Å². The molecule has 0 N–H and O–H groups in total. The summed E-state index contributed by atoms with van der Waals surface area (Å²) < 4.78 is 0. The van der Waals surface area contributed by atoms with Crippen molar-refractivity contribution in [1.29, 1.82) is 0 Å². The first-order valence-corrected chi connectivity index (χ1v) is 7.13. The molecule has 1 saturated carbocycles. The van der Waals surface area contributed by atoms with Gasteiger partial charge in [-0.2, -0.15) is 0 Å². The van der Waals surface area contributed by atoms with E-state index in [4.69, 9.17) is 11.6 Å². The Morgan fingerprint density at radius 2 is 2.13 bits per heavy atom. The molecule has 1 fully saturated rings. The van der Waals surface area contributed by atoms with E-state index in [9.17, 15) is 0 Å². The van der Waals surface area contributed by atoms with Crippen LogP contribution in [-0.2, 0) is 0 Å². The van der Waals surface area contributed by atoms with Gasteiger partial charge in [0.15, 0.2) is 0 Å². The molecule has 0 bridgehead atoms. The van der Waals surface area contributed by atoms with E-state index in [1.165, 1.54) is 29.9 Å². The molecule has 1 aromatic carbocycles. The first-order valence-electron chi connectivity index (χ1n) is 5.61. The van der Waals surface area contributed by atoms with Crippen LogP contribution < -0.4 is 0 Å². The third-order valence-corrected chi connectivity index (χ3v) is 5.54. The predicted octanol–water partition coefficient (Wildman–Crippen LogP) is 4.29. The van der Waals surface area contributed by atoms with E-state index < -0.39 is 0 Å². The van der Waals surface area contributed by atoms with Crippen molar-refractivity contribution in [3.05, 3.63) is 29.8 Å². The van der Waals surface area contributed by atoms with Crippen LogP contribution in [0, 0.1) is 5.41 Å². The lowest BCUT2D eigenvalue weighted by molar-refractivity contribution is 0.477. The van der Waals surface area contributed by atoms with Crippen molar-refractivity contribution in [2.24, 2.45) is 5.41 Å². The minimum absolute atomic E-state index is 0.504. The molecule has 1 aliphatic carbocycles. The number of alkyl halides is 1. The third kappa shape index (κ3) is 1.81. The van der Waals surface area contributed by atoms with Crippen molar-refractivity contribution in [2.75, 3.05) is 11.6 Å². The SMILES string of the molecule is ClCC1(CC2CSc3ccccc32)CC1.